The van der Waals surface area contributed by atoms with E-state index in [0.29, 0.717) is 6.42 Å². The second-order valence-electron chi connectivity index (χ2n) is 5.61. The molecule has 0 radical (unpaired) electrons. The summed E-state index contributed by atoms with van der Waals surface area (Å²) in [6.07, 6.45) is 12.6. The SMILES string of the molecule is CCCCCCCCCCCCCOS(=O)(=O)CS(=O)(=O)O. The lowest BCUT2D eigenvalue weighted by Gasteiger charge is -2.04. The minimum atomic E-state index is -4.56. The van der Waals surface area contributed by atoms with Gasteiger partial charge in [0.05, 0.1) is 6.61 Å². The van der Waals surface area contributed by atoms with Crippen LogP contribution in [0.2, 0.25) is 0 Å². The first-order valence-corrected chi connectivity index (χ1v) is 11.3. The quantitative estimate of drug-likeness (QED) is 0.273. The zero-order valence-electron chi connectivity index (χ0n) is 13.5. The fourth-order valence-electron chi connectivity index (χ4n) is 2.17. The molecule has 0 spiro atoms. The average Bonchev–Trinajstić information content (AvgIpc) is 2.37. The van der Waals surface area contributed by atoms with E-state index in [4.69, 9.17) is 4.55 Å². The molecule has 0 aliphatic carbocycles. The van der Waals surface area contributed by atoms with Crippen LogP contribution in [0.1, 0.15) is 77.6 Å². The molecule has 134 valence electrons. The molecule has 0 bridgehead atoms. The van der Waals surface area contributed by atoms with Gasteiger partial charge < -0.3 is 0 Å². The number of hydrogen-bond donors (Lipinski definition) is 1. The van der Waals surface area contributed by atoms with Crippen molar-refractivity contribution in [3.63, 3.8) is 0 Å². The van der Waals surface area contributed by atoms with E-state index in [0.717, 1.165) is 19.3 Å². The fourth-order valence-corrected chi connectivity index (χ4v) is 4.27. The van der Waals surface area contributed by atoms with Crippen LogP contribution in [0, 0.1) is 0 Å². The van der Waals surface area contributed by atoms with Crippen LogP contribution in [0.3, 0.4) is 0 Å². The predicted molar refractivity (Wildman–Crippen MR) is 87.7 cm³/mol. The molecule has 0 rings (SSSR count). The summed E-state index contributed by atoms with van der Waals surface area (Å²) in [5.41, 5.74) is 0. The van der Waals surface area contributed by atoms with E-state index in [1.807, 2.05) is 0 Å². The van der Waals surface area contributed by atoms with E-state index in [1.54, 1.807) is 0 Å². The Morgan fingerprint density at radius 3 is 1.55 bits per heavy atom. The molecule has 0 aliphatic heterocycles. The van der Waals surface area contributed by atoms with Crippen LogP contribution < -0.4 is 0 Å². The predicted octanol–water partition coefficient (Wildman–Crippen LogP) is 3.49. The molecule has 0 unspecified atom stereocenters. The fraction of sp³-hybridized carbons (Fsp3) is 1.00. The van der Waals surface area contributed by atoms with Gasteiger partial charge in [-0.15, -0.1) is 0 Å². The zero-order valence-corrected chi connectivity index (χ0v) is 15.1. The molecule has 0 saturated carbocycles. The minimum absolute atomic E-state index is 0.0329. The first-order chi connectivity index (χ1) is 10.3. The van der Waals surface area contributed by atoms with E-state index < -0.39 is 25.3 Å². The smallest absolute Gasteiger partial charge is 0.284 e. The van der Waals surface area contributed by atoms with Crippen LogP contribution in [-0.4, -0.2) is 33.1 Å². The highest BCUT2D eigenvalue weighted by Gasteiger charge is 2.20. The van der Waals surface area contributed by atoms with Gasteiger partial charge in [-0.3, -0.25) is 8.74 Å². The van der Waals surface area contributed by atoms with Crippen molar-refractivity contribution < 1.29 is 25.6 Å². The van der Waals surface area contributed by atoms with E-state index in [2.05, 4.69) is 11.1 Å². The van der Waals surface area contributed by atoms with Gasteiger partial charge in [0.1, 0.15) is 0 Å². The summed E-state index contributed by atoms with van der Waals surface area (Å²) in [6.45, 7) is 2.17. The van der Waals surface area contributed by atoms with Gasteiger partial charge in [-0.1, -0.05) is 71.1 Å². The molecule has 0 aromatic rings. The number of unbranched alkanes of at least 4 members (excludes halogenated alkanes) is 10. The average molecular weight is 359 g/mol. The van der Waals surface area contributed by atoms with Gasteiger partial charge in [0.25, 0.3) is 20.2 Å². The second kappa shape index (κ2) is 12.3. The lowest BCUT2D eigenvalue weighted by atomic mass is 10.1. The summed E-state index contributed by atoms with van der Waals surface area (Å²) in [7, 11) is -8.75. The summed E-state index contributed by atoms with van der Waals surface area (Å²) in [5.74, 6) is 0. The molecule has 0 amide bonds. The monoisotopic (exact) mass is 358 g/mol. The molecule has 0 heterocycles. The van der Waals surface area contributed by atoms with Gasteiger partial charge in [-0.25, -0.2) is 0 Å². The molecule has 1 N–H and O–H groups in total. The molecule has 8 heteroatoms. The van der Waals surface area contributed by atoms with Crippen LogP contribution in [0.5, 0.6) is 0 Å². The Labute approximate surface area is 135 Å². The topological polar surface area (TPSA) is 97.7 Å². The highest BCUT2D eigenvalue weighted by molar-refractivity contribution is 8.03. The second-order valence-corrected chi connectivity index (χ2v) is 9.07. The molecule has 0 atom stereocenters. The summed E-state index contributed by atoms with van der Waals surface area (Å²) in [5, 5.41) is -1.38. The number of hydrogen-bond acceptors (Lipinski definition) is 5. The largest absolute Gasteiger partial charge is 0.285 e. The normalized spacial score (nSPS) is 12.6. The highest BCUT2D eigenvalue weighted by atomic mass is 32.3. The Kier molecular flexibility index (Phi) is 12.2. The van der Waals surface area contributed by atoms with E-state index >= 15 is 0 Å². The molecule has 0 fully saturated rings. The van der Waals surface area contributed by atoms with Crippen LogP contribution in [-0.2, 0) is 24.4 Å². The molecule has 22 heavy (non-hydrogen) atoms. The van der Waals surface area contributed by atoms with Gasteiger partial charge in [-0.05, 0) is 6.42 Å². The molecule has 0 saturated heterocycles. The van der Waals surface area contributed by atoms with Crippen molar-refractivity contribution in [3.8, 4) is 0 Å². The summed E-state index contributed by atoms with van der Waals surface area (Å²) in [4.78, 5) is 0. The first kappa shape index (κ1) is 21.8. The minimum Gasteiger partial charge on any atom is -0.285 e. The van der Waals surface area contributed by atoms with Crippen molar-refractivity contribution in [1.82, 2.24) is 0 Å². The van der Waals surface area contributed by atoms with E-state index in [9.17, 15) is 16.8 Å². The van der Waals surface area contributed by atoms with E-state index in [-0.39, 0.29) is 6.61 Å². The van der Waals surface area contributed by atoms with Crippen molar-refractivity contribution in [2.75, 3.05) is 11.7 Å². The molecule has 0 aromatic carbocycles. The van der Waals surface area contributed by atoms with Crippen LogP contribution >= 0.6 is 0 Å². The molecule has 6 nitrogen and oxygen atoms in total. The molecular formula is C14H30O6S2. The van der Waals surface area contributed by atoms with Crippen molar-refractivity contribution in [2.45, 2.75) is 77.6 Å². The van der Waals surface area contributed by atoms with Gasteiger partial charge in [-0.2, -0.15) is 16.8 Å². The third kappa shape index (κ3) is 16.2. The summed E-state index contributed by atoms with van der Waals surface area (Å²) in [6, 6.07) is 0. The Morgan fingerprint density at radius 2 is 1.14 bits per heavy atom. The van der Waals surface area contributed by atoms with Crippen molar-refractivity contribution in [2.24, 2.45) is 0 Å². The van der Waals surface area contributed by atoms with Gasteiger partial charge in [0.15, 0.2) is 0 Å². The van der Waals surface area contributed by atoms with Crippen LogP contribution in [0.4, 0.5) is 0 Å². The third-order valence-corrected chi connectivity index (χ3v) is 6.18. The Balaban J connectivity index is 3.40. The third-order valence-electron chi connectivity index (χ3n) is 3.30. The van der Waals surface area contributed by atoms with Gasteiger partial charge in [0, 0.05) is 0 Å². The highest BCUT2D eigenvalue weighted by Crippen LogP contribution is 2.11. The maximum Gasteiger partial charge on any atom is 0.284 e. The van der Waals surface area contributed by atoms with Crippen molar-refractivity contribution >= 4 is 20.2 Å². The lowest BCUT2D eigenvalue weighted by Crippen LogP contribution is -2.18. The van der Waals surface area contributed by atoms with Crippen molar-refractivity contribution in [3.05, 3.63) is 0 Å². The van der Waals surface area contributed by atoms with E-state index in [1.165, 1.54) is 44.9 Å². The number of rotatable bonds is 15. The maximum atomic E-state index is 11.2. The Bertz CT molecular complexity index is 456. The Hall–Kier alpha value is -0.180. The molecular weight excluding hydrogens is 328 g/mol. The summed E-state index contributed by atoms with van der Waals surface area (Å²) < 4.78 is 56.2. The van der Waals surface area contributed by atoms with Crippen molar-refractivity contribution in [1.29, 1.82) is 0 Å². The molecule has 0 aromatic heterocycles. The molecule has 0 aliphatic rings. The summed E-state index contributed by atoms with van der Waals surface area (Å²) >= 11 is 0. The maximum absolute atomic E-state index is 11.2. The first-order valence-electron chi connectivity index (χ1n) is 8.09. The van der Waals surface area contributed by atoms with Gasteiger partial charge in [0.2, 0.25) is 5.08 Å². The Morgan fingerprint density at radius 1 is 0.727 bits per heavy atom. The standard InChI is InChI=1S/C14H30O6S2/c1-2-3-4-5-6-7-8-9-10-11-12-13-20-22(18,19)14-21(15,16)17/h2-14H2,1H3,(H,15,16,17). The van der Waals surface area contributed by atoms with Crippen LogP contribution in [0.25, 0.3) is 0 Å². The zero-order chi connectivity index (χ0) is 16.9. The van der Waals surface area contributed by atoms with Gasteiger partial charge >= 0.3 is 0 Å². The lowest BCUT2D eigenvalue weighted by molar-refractivity contribution is 0.308. The van der Waals surface area contributed by atoms with Crippen LogP contribution in [0.15, 0.2) is 0 Å².